The van der Waals surface area contributed by atoms with Crippen LogP contribution in [0.1, 0.15) is 0 Å². The van der Waals surface area contributed by atoms with Crippen LogP contribution in [0.3, 0.4) is 0 Å². The van der Waals surface area contributed by atoms with Crippen molar-refractivity contribution in [1.29, 1.82) is 0 Å². The van der Waals surface area contributed by atoms with E-state index in [-0.39, 0.29) is 0 Å². The summed E-state index contributed by atoms with van der Waals surface area (Å²) in [5.74, 6) is 0. The summed E-state index contributed by atoms with van der Waals surface area (Å²) in [4.78, 5) is 0. The molecule has 0 bridgehead atoms. The van der Waals surface area contributed by atoms with Crippen molar-refractivity contribution in [2.75, 3.05) is 7.11 Å². The molecule has 0 aliphatic rings. The predicted octanol–water partition coefficient (Wildman–Crippen LogP) is 1.30. The molecule has 0 N–H and O–H groups in total. The van der Waals surface area contributed by atoms with E-state index < -0.39 is 0 Å². The van der Waals surface area contributed by atoms with Crippen LogP contribution >= 0.6 is 15.9 Å². The molecule has 0 saturated heterocycles. The number of methoxy groups -OCH3 is 1. The summed E-state index contributed by atoms with van der Waals surface area (Å²) >= 11 is 2.85. The van der Waals surface area contributed by atoms with Gasteiger partial charge in [-0.3, -0.25) is 0 Å². The number of halogens is 1. The van der Waals surface area contributed by atoms with Crippen LogP contribution in [0.5, 0.6) is 0 Å². The lowest BCUT2D eigenvalue weighted by molar-refractivity contribution is 0.328. The first-order valence-corrected chi connectivity index (χ1v) is 1.88. The van der Waals surface area contributed by atoms with E-state index in [1.807, 2.05) is 0 Å². The summed E-state index contributed by atoms with van der Waals surface area (Å²) in [5.41, 5.74) is 0. The molecule has 0 aromatic heterocycles. The van der Waals surface area contributed by atoms with Gasteiger partial charge in [-0.2, -0.15) is 0 Å². The Bertz CT molecular complexity index is 42.2. The Hall–Kier alpha value is 0.0200. The molecule has 0 fully saturated rings. The molecule has 0 aromatic rings. The quantitative estimate of drug-likeness (QED) is 0.493. The van der Waals surface area contributed by atoms with Crippen molar-refractivity contribution in [3.05, 3.63) is 11.2 Å². The smallest absolute Gasteiger partial charge is 0.161 e. The highest BCUT2D eigenvalue weighted by Gasteiger charge is 1.69. The van der Waals surface area contributed by atoms with Crippen LogP contribution in [0.4, 0.5) is 0 Å². The molecule has 0 atom stereocenters. The second kappa shape index (κ2) is 2.27. The maximum absolute atomic E-state index is 4.90. The van der Waals surface area contributed by atoms with Crippen LogP contribution in [0, 0.1) is 6.58 Å². The highest BCUT2D eigenvalue weighted by Crippen LogP contribution is 1.96. The molecule has 0 aromatic carbocycles. The second-order valence-corrected chi connectivity index (χ2v) is 1.29. The molecule has 0 heterocycles. The van der Waals surface area contributed by atoms with Crippen molar-refractivity contribution < 1.29 is 4.74 Å². The standard InChI is InChI=1S/C3H4BrO/c1-3(4)5-2/h1H,2H3. The third-order valence-electron chi connectivity index (χ3n) is 0.195. The fourth-order valence-corrected chi connectivity index (χ4v) is 0. The predicted molar refractivity (Wildman–Crippen MR) is 23.7 cm³/mol. The highest BCUT2D eigenvalue weighted by molar-refractivity contribution is 9.11. The van der Waals surface area contributed by atoms with Crippen LogP contribution in [-0.4, -0.2) is 7.11 Å². The van der Waals surface area contributed by atoms with Gasteiger partial charge in [-0.25, -0.2) is 0 Å². The monoisotopic (exact) mass is 135 g/mol. The SMILES string of the molecule is [CH]=C(Br)OC. The first-order valence-electron chi connectivity index (χ1n) is 1.09. The number of rotatable bonds is 1. The van der Waals surface area contributed by atoms with E-state index in [4.69, 9.17) is 6.58 Å². The average molecular weight is 136 g/mol. The Balaban J connectivity index is 2.85. The number of hydrogen-bond donors (Lipinski definition) is 0. The number of hydrogen-bond acceptors (Lipinski definition) is 1. The Morgan fingerprint density at radius 2 is 2.20 bits per heavy atom. The first kappa shape index (κ1) is 5.02. The van der Waals surface area contributed by atoms with Crippen LogP contribution in [0.25, 0.3) is 0 Å². The molecule has 0 aliphatic carbocycles. The summed E-state index contributed by atoms with van der Waals surface area (Å²) in [6, 6.07) is 0. The van der Waals surface area contributed by atoms with Crippen LogP contribution in [-0.2, 0) is 4.74 Å². The van der Waals surface area contributed by atoms with Gasteiger partial charge in [-0.1, -0.05) is 0 Å². The van der Waals surface area contributed by atoms with Gasteiger partial charge in [0.05, 0.1) is 7.11 Å². The minimum absolute atomic E-state index is 0.317. The first-order chi connectivity index (χ1) is 2.27. The Kier molecular flexibility index (Phi) is 2.28. The highest BCUT2D eigenvalue weighted by atomic mass is 79.9. The Morgan fingerprint density at radius 3 is 2.20 bits per heavy atom. The summed E-state index contributed by atoms with van der Waals surface area (Å²) in [7, 11) is 1.49. The minimum atomic E-state index is 0.317. The van der Waals surface area contributed by atoms with Gasteiger partial charge in [0.15, 0.2) is 4.67 Å². The molecule has 1 radical (unpaired) electrons. The van der Waals surface area contributed by atoms with Gasteiger partial charge in [-0.05, 0) is 22.5 Å². The molecule has 0 rings (SSSR count). The molecular formula is C3H4BrO. The third kappa shape index (κ3) is 4.02. The maximum atomic E-state index is 4.90. The fourth-order valence-electron chi connectivity index (χ4n) is 0. The molecule has 5 heavy (non-hydrogen) atoms. The van der Waals surface area contributed by atoms with Gasteiger partial charge in [0.1, 0.15) is 0 Å². The van der Waals surface area contributed by atoms with E-state index >= 15 is 0 Å². The zero-order valence-corrected chi connectivity index (χ0v) is 4.45. The minimum Gasteiger partial charge on any atom is -0.490 e. The Labute approximate surface area is 39.8 Å². The van der Waals surface area contributed by atoms with Crippen LogP contribution in [0.2, 0.25) is 0 Å². The molecular weight excluding hydrogens is 132 g/mol. The summed E-state index contributed by atoms with van der Waals surface area (Å²) < 4.78 is 4.68. The molecule has 0 unspecified atom stereocenters. The molecule has 2 heteroatoms. The van der Waals surface area contributed by atoms with Crippen molar-refractivity contribution >= 4 is 15.9 Å². The molecule has 0 spiro atoms. The van der Waals surface area contributed by atoms with Gasteiger partial charge in [-0.15, -0.1) is 0 Å². The van der Waals surface area contributed by atoms with Crippen molar-refractivity contribution in [3.8, 4) is 0 Å². The normalized spacial score (nSPS) is 6.80. The van der Waals surface area contributed by atoms with E-state index in [2.05, 4.69) is 20.7 Å². The summed E-state index contributed by atoms with van der Waals surface area (Å²) in [6.07, 6.45) is 0. The molecule has 29 valence electrons. The van der Waals surface area contributed by atoms with E-state index in [1.165, 1.54) is 7.11 Å². The van der Waals surface area contributed by atoms with Crippen molar-refractivity contribution in [1.82, 2.24) is 0 Å². The summed E-state index contributed by atoms with van der Waals surface area (Å²) in [5, 5.41) is 0. The lowest BCUT2D eigenvalue weighted by Crippen LogP contribution is -1.65. The zero-order chi connectivity index (χ0) is 4.28. The second-order valence-electron chi connectivity index (χ2n) is 0.508. The van der Waals surface area contributed by atoms with Crippen LogP contribution < -0.4 is 0 Å². The molecule has 0 aliphatic heterocycles. The van der Waals surface area contributed by atoms with Crippen molar-refractivity contribution in [2.24, 2.45) is 0 Å². The van der Waals surface area contributed by atoms with E-state index in [0.29, 0.717) is 4.67 Å². The molecule has 0 amide bonds. The average Bonchev–Trinajstić information content (AvgIpc) is 1.38. The zero-order valence-electron chi connectivity index (χ0n) is 2.86. The van der Waals surface area contributed by atoms with Gasteiger partial charge >= 0.3 is 0 Å². The topological polar surface area (TPSA) is 9.23 Å². The third-order valence-corrected chi connectivity index (χ3v) is 0.519. The largest absolute Gasteiger partial charge is 0.490 e. The van der Waals surface area contributed by atoms with Gasteiger partial charge < -0.3 is 4.74 Å². The lowest BCUT2D eigenvalue weighted by Gasteiger charge is -1.85. The van der Waals surface area contributed by atoms with E-state index in [1.54, 1.807) is 0 Å². The van der Waals surface area contributed by atoms with Gasteiger partial charge in [0.25, 0.3) is 0 Å². The van der Waals surface area contributed by atoms with Crippen molar-refractivity contribution in [3.63, 3.8) is 0 Å². The molecule has 0 saturated carbocycles. The fraction of sp³-hybridized carbons (Fsp3) is 0.333. The van der Waals surface area contributed by atoms with E-state index in [9.17, 15) is 0 Å². The van der Waals surface area contributed by atoms with E-state index in [0.717, 1.165) is 0 Å². The summed E-state index contributed by atoms with van der Waals surface area (Å²) in [6.45, 7) is 4.90. The molecule has 1 nitrogen and oxygen atoms in total. The van der Waals surface area contributed by atoms with Crippen LogP contribution in [0.15, 0.2) is 4.67 Å². The van der Waals surface area contributed by atoms with Gasteiger partial charge in [0.2, 0.25) is 0 Å². The number of ether oxygens (including phenoxy) is 1. The van der Waals surface area contributed by atoms with Crippen molar-refractivity contribution in [2.45, 2.75) is 0 Å². The Morgan fingerprint density at radius 1 is 2.00 bits per heavy atom. The lowest BCUT2D eigenvalue weighted by atomic mass is 11.1. The maximum Gasteiger partial charge on any atom is 0.161 e. The van der Waals surface area contributed by atoms with Gasteiger partial charge in [0, 0.05) is 0 Å².